The van der Waals surface area contributed by atoms with E-state index in [0.717, 1.165) is 30.5 Å². The monoisotopic (exact) mass is 427 g/mol. The summed E-state index contributed by atoms with van der Waals surface area (Å²) >= 11 is 0. The molecule has 6 nitrogen and oxygen atoms in total. The lowest BCUT2D eigenvalue weighted by molar-refractivity contribution is -0.152. The molecule has 1 saturated carbocycles. The number of H-pyrrole nitrogens is 1. The van der Waals surface area contributed by atoms with E-state index < -0.39 is 0 Å². The average Bonchev–Trinajstić information content (AvgIpc) is 3.16. The number of esters is 1. The first-order valence-corrected chi connectivity index (χ1v) is 12.3. The summed E-state index contributed by atoms with van der Waals surface area (Å²) in [5.74, 6) is 0.221. The Balaban J connectivity index is 1.53. The Kier molecular flexibility index (Phi) is 7.49. The van der Waals surface area contributed by atoms with Gasteiger partial charge < -0.3 is 14.6 Å². The Labute approximate surface area is 185 Å². The van der Waals surface area contributed by atoms with E-state index in [0.29, 0.717) is 19.1 Å². The van der Waals surface area contributed by atoms with Crippen LogP contribution < -0.4 is 5.69 Å². The van der Waals surface area contributed by atoms with Crippen LogP contribution in [0.1, 0.15) is 70.8 Å². The predicted octanol–water partition coefficient (Wildman–Crippen LogP) is 4.51. The molecule has 6 heteroatoms. The SMILES string of the molecule is CCOC(=O)C1CN(CC2CCCCCCCC2)CCC1n1c(=O)[nH]c2ccccc21. The molecule has 4 rings (SSSR count). The fourth-order valence-corrected chi connectivity index (χ4v) is 5.63. The topological polar surface area (TPSA) is 67.3 Å². The van der Waals surface area contributed by atoms with Gasteiger partial charge in [0.2, 0.25) is 0 Å². The Hall–Kier alpha value is -2.08. The Morgan fingerprint density at radius 1 is 1.06 bits per heavy atom. The van der Waals surface area contributed by atoms with E-state index in [1.807, 2.05) is 31.2 Å². The number of nitrogens with one attached hydrogen (secondary N) is 1. The highest BCUT2D eigenvalue weighted by atomic mass is 16.5. The third-order valence-corrected chi connectivity index (χ3v) is 7.20. The molecule has 170 valence electrons. The molecule has 2 atom stereocenters. The van der Waals surface area contributed by atoms with Gasteiger partial charge in [-0.3, -0.25) is 9.36 Å². The normalized spacial score (nSPS) is 24.4. The summed E-state index contributed by atoms with van der Waals surface area (Å²) in [5.41, 5.74) is 1.56. The maximum absolute atomic E-state index is 13.0. The van der Waals surface area contributed by atoms with Gasteiger partial charge in [0.25, 0.3) is 0 Å². The molecule has 2 heterocycles. The van der Waals surface area contributed by atoms with Crippen molar-refractivity contribution >= 4 is 17.0 Å². The Bertz CT molecular complexity index is 908. The molecule has 1 aliphatic carbocycles. The van der Waals surface area contributed by atoms with Crippen molar-refractivity contribution in [2.75, 3.05) is 26.2 Å². The summed E-state index contributed by atoms with van der Waals surface area (Å²) in [7, 11) is 0. The van der Waals surface area contributed by atoms with Crippen molar-refractivity contribution < 1.29 is 9.53 Å². The highest BCUT2D eigenvalue weighted by Crippen LogP contribution is 2.32. The van der Waals surface area contributed by atoms with Gasteiger partial charge in [0.05, 0.1) is 29.6 Å². The maximum atomic E-state index is 13.0. The third kappa shape index (κ3) is 5.22. The molecule has 1 aliphatic heterocycles. The predicted molar refractivity (Wildman–Crippen MR) is 123 cm³/mol. The number of ether oxygens (including phenoxy) is 1. The number of aromatic nitrogens is 2. The van der Waals surface area contributed by atoms with Gasteiger partial charge >= 0.3 is 11.7 Å². The summed E-state index contributed by atoms with van der Waals surface area (Å²) < 4.78 is 7.26. The van der Waals surface area contributed by atoms with E-state index in [1.165, 1.54) is 51.4 Å². The molecule has 0 amide bonds. The molecule has 0 bridgehead atoms. The highest BCUT2D eigenvalue weighted by Gasteiger charge is 2.38. The van der Waals surface area contributed by atoms with Gasteiger partial charge in [-0.2, -0.15) is 0 Å². The van der Waals surface area contributed by atoms with Gasteiger partial charge in [0.15, 0.2) is 0 Å². The minimum absolute atomic E-state index is 0.134. The van der Waals surface area contributed by atoms with E-state index in [9.17, 15) is 9.59 Å². The lowest BCUT2D eigenvalue weighted by atomic mass is 9.89. The number of hydrogen-bond acceptors (Lipinski definition) is 4. The molecule has 2 aliphatic rings. The molecule has 1 saturated heterocycles. The zero-order chi connectivity index (χ0) is 21.6. The number of nitrogens with zero attached hydrogens (tertiary/aromatic N) is 2. The molecule has 1 aromatic heterocycles. The molecule has 2 unspecified atom stereocenters. The lowest BCUT2D eigenvalue weighted by Crippen LogP contribution is -2.48. The first-order valence-electron chi connectivity index (χ1n) is 12.3. The van der Waals surface area contributed by atoms with E-state index in [-0.39, 0.29) is 23.6 Å². The molecule has 1 N–H and O–H groups in total. The largest absolute Gasteiger partial charge is 0.466 e. The fraction of sp³-hybridized carbons (Fsp3) is 0.680. The van der Waals surface area contributed by atoms with Crippen molar-refractivity contribution in [3.8, 4) is 0 Å². The lowest BCUT2D eigenvalue weighted by Gasteiger charge is -2.39. The van der Waals surface area contributed by atoms with Crippen LogP contribution in [0.25, 0.3) is 11.0 Å². The minimum atomic E-state index is -0.318. The van der Waals surface area contributed by atoms with Crippen LogP contribution in [-0.4, -0.2) is 46.7 Å². The minimum Gasteiger partial charge on any atom is -0.466 e. The number of piperidine rings is 1. The third-order valence-electron chi connectivity index (χ3n) is 7.20. The van der Waals surface area contributed by atoms with Crippen molar-refractivity contribution in [3.05, 3.63) is 34.7 Å². The standard InChI is InChI=1S/C25H37N3O3/c1-2-31-24(29)20-18-27(17-19-11-7-5-3-4-6-8-12-19)16-15-22(20)28-23-14-10-9-13-21(23)26-25(28)30/h9-10,13-14,19-20,22H,2-8,11-12,15-18H2,1H3,(H,26,30). The number of carbonyl (C=O) groups excluding carboxylic acids is 1. The van der Waals surface area contributed by atoms with E-state index in [2.05, 4.69) is 9.88 Å². The quantitative estimate of drug-likeness (QED) is 0.713. The average molecular weight is 428 g/mol. The van der Waals surface area contributed by atoms with E-state index in [4.69, 9.17) is 4.74 Å². The van der Waals surface area contributed by atoms with Crippen molar-refractivity contribution in [3.63, 3.8) is 0 Å². The van der Waals surface area contributed by atoms with Crippen LogP contribution in [0.15, 0.2) is 29.1 Å². The van der Waals surface area contributed by atoms with Crippen LogP contribution in [-0.2, 0) is 9.53 Å². The van der Waals surface area contributed by atoms with Crippen LogP contribution in [0, 0.1) is 11.8 Å². The summed E-state index contributed by atoms with van der Waals surface area (Å²) in [5, 5.41) is 0. The second-order valence-corrected chi connectivity index (χ2v) is 9.36. The number of imidazole rings is 1. The van der Waals surface area contributed by atoms with Gasteiger partial charge in [-0.1, -0.05) is 50.7 Å². The van der Waals surface area contributed by atoms with Crippen molar-refractivity contribution in [1.82, 2.24) is 14.5 Å². The molecular weight excluding hydrogens is 390 g/mol. The first kappa shape index (κ1) is 22.1. The smallest absolute Gasteiger partial charge is 0.326 e. The number of aromatic amines is 1. The number of benzene rings is 1. The van der Waals surface area contributed by atoms with Gasteiger partial charge in [0, 0.05) is 19.6 Å². The van der Waals surface area contributed by atoms with Crippen LogP contribution in [0.2, 0.25) is 0 Å². The number of fused-ring (bicyclic) bond motifs is 1. The Morgan fingerprint density at radius 2 is 1.77 bits per heavy atom. The zero-order valence-electron chi connectivity index (χ0n) is 18.9. The molecule has 0 radical (unpaired) electrons. The van der Waals surface area contributed by atoms with Crippen molar-refractivity contribution in [1.29, 1.82) is 0 Å². The van der Waals surface area contributed by atoms with Gasteiger partial charge in [-0.15, -0.1) is 0 Å². The van der Waals surface area contributed by atoms with Crippen LogP contribution >= 0.6 is 0 Å². The van der Waals surface area contributed by atoms with Crippen LogP contribution in [0.4, 0.5) is 0 Å². The number of hydrogen-bond donors (Lipinski definition) is 1. The maximum Gasteiger partial charge on any atom is 0.326 e. The highest BCUT2D eigenvalue weighted by molar-refractivity contribution is 5.77. The van der Waals surface area contributed by atoms with E-state index >= 15 is 0 Å². The number of likely N-dealkylation sites (tertiary alicyclic amines) is 1. The van der Waals surface area contributed by atoms with Crippen molar-refractivity contribution in [2.45, 2.75) is 70.8 Å². The summed E-state index contributed by atoms with van der Waals surface area (Å²) in [6.45, 7) is 4.87. The second-order valence-electron chi connectivity index (χ2n) is 9.36. The molecule has 2 fully saturated rings. The number of rotatable bonds is 5. The second kappa shape index (κ2) is 10.5. The number of para-hydroxylation sites is 2. The van der Waals surface area contributed by atoms with Crippen molar-refractivity contribution in [2.24, 2.45) is 11.8 Å². The van der Waals surface area contributed by atoms with Gasteiger partial charge in [0.1, 0.15) is 0 Å². The van der Waals surface area contributed by atoms with Crippen LogP contribution in [0.3, 0.4) is 0 Å². The molecule has 1 aromatic carbocycles. The Morgan fingerprint density at radius 3 is 2.52 bits per heavy atom. The molecule has 2 aromatic rings. The van der Waals surface area contributed by atoms with Gasteiger partial charge in [-0.25, -0.2) is 4.79 Å². The molecule has 31 heavy (non-hydrogen) atoms. The van der Waals surface area contributed by atoms with Crippen LogP contribution in [0.5, 0.6) is 0 Å². The summed E-state index contributed by atoms with van der Waals surface area (Å²) in [6, 6.07) is 7.57. The first-order chi connectivity index (χ1) is 15.2. The fourth-order valence-electron chi connectivity index (χ4n) is 5.63. The zero-order valence-corrected chi connectivity index (χ0v) is 18.9. The number of carbonyl (C=O) groups is 1. The summed E-state index contributed by atoms with van der Waals surface area (Å²) in [4.78, 5) is 31.2. The molecular formula is C25H37N3O3. The van der Waals surface area contributed by atoms with Gasteiger partial charge in [-0.05, 0) is 44.2 Å². The van der Waals surface area contributed by atoms with E-state index in [1.54, 1.807) is 4.57 Å². The summed E-state index contributed by atoms with van der Waals surface area (Å²) in [6.07, 6.45) is 11.5. The molecule has 0 spiro atoms.